The van der Waals surface area contributed by atoms with Gasteiger partial charge < -0.3 is 19.7 Å². The molecule has 170 valence electrons. The Kier molecular flexibility index (Phi) is 12.4. The van der Waals surface area contributed by atoms with E-state index in [0.717, 1.165) is 69.4 Å². The summed E-state index contributed by atoms with van der Waals surface area (Å²) in [5.74, 6) is 2.43. The summed E-state index contributed by atoms with van der Waals surface area (Å²) < 4.78 is 25.5. The number of rotatable bonds is 8. The first-order chi connectivity index (χ1) is 14.3. The average molecular weight is 552 g/mol. The van der Waals surface area contributed by atoms with Crippen LogP contribution in [0, 0.1) is 5.82 Å². The van der Waals surface area contributed by atoms with Crippen LogP contribution in [0.3, 0.4) is 0 Å². The first-order valence-electron chi connectivity index (χ1n) is 10.8. The molecule has 30 heavy (non-hydrogen) atoms. The third kappa shape index (κ3) is 8.51. The van der Waals surface area contributed by atoms with Gasteiger partial charge >= 0.3 is 0 Å². The molecule has 1 aromatic carbocycles. The van der Waals surface area contributed by atoms with Crippen LogP contribution in [0.1, 0.15) is 37.7 Å². The number of piperidine rings is 1. The fourth-order valence-electron chi connectivity index (χ4n) is 3.78. The summed E-state index contributed by atoms with van der Waals surface area (Å²) in [5.41, 5.74) is 0.766. The maximum Gasteiger partial charge on any atom is 0.193 e. The number of nitrogens with zero attached hydrogens (tertiary/aromatic N) is 2. The molecule has 0 radical (unpaired) electrons. The topological polar surface area (TPSA) is 46.1 Å². The number of hydrogen-bond donors (Lipinski definition) is 1. The highest BCUT2D eigenvalue weighted by atomic mass is 127. The minimum atomic E-state index is -0.121. The smallest absolute Gasteiger partial charge is 0.193 e. The van der Waals surface area contributed by atoms with Crippen molar-refractivity contribution in [2.24, 2.45) is 4.99 Å². The third-order valence-corrected chi connectivity index (χ3v) is 6.50. The number of likely N-dealkylation sites (tertiary alicyclic amines) is 1. The van der Waals surface area contributed by atoms with Gasteiger partial charge in [-0.3, -0.25) is 4.99 Å². The molecule has 1 unspecified atom stereocenters. The highest BCUT2D eigenvalue weighted by Gasteiger charge is 2.23. The van der Waals surface area contributed by atoms with E-state index in [4.69, 9.17) is 9.47 Å². The Bertz CT molecular complexity index is 639. The molecule has 0 aliphatic carbocycles. The maximum absolute atomic E-state index is 13.6. The standard InChI is InChI=1S/C22H34FN3O2S.HI/c1-24-22(25-11-15-29-17-18-6-2-3-8-21(18)23)26-12-9-19(10-13-26)28-16-20-7-4-5-14-27-20;/h2-3,6,8,19-20H,4-5,7,9-17H2,1H3,(H,24,25);1H. The number of benzene rings is 1. The number of aliphatic imine (C=N–C) groups is 1. The van der Waals surface area contributed by atoms with Crippen LogP contribution in [-0.4, -0.2) is 68.7 Å². The molecule has 2 aliphatic rings. The Morgan fingerprint density at radius 1 is 1.27 bits per heavy atom. The molecule has 2 fully saturated rings. The molecule has 3 rings (SSSR count). The van der Waals surface area contributed by atoms with Crippen LogP contribution >= 0.6 is 35.7 Å². The van der Waals surface area contributed by atoms with Gasteiger partial charge in [0.2, 0.25) is 0 Å². The highest BCUT2D eigenvalue weighted by Crippen LogP contribution is 2.18. The van der Waals surface area contributed by atoms with Crippen LogP contribution in [0.25, 0.3) is 0 Å². The Balaban J connectivity index is 0.00000320. The van der Waals surface area contributed by atoms with E-state index >= 15 is 0 Å². The second-order valence-electron chi connectivity index (χ2n) is 7.63. The number of guanidine groups is 1. The van der Waals surface area contributed by atoms with Crippen LogP contribution in [0.15, 0.2) is 29.3 Å². The van der Waals surface area contributed by atoms with Crippen molar-refractivity contribution in [3.63, 3.8) is 0 Å². The van der Waals surface area contributed by atoms with Gasteiger partial charge in [0, 0.05) is 44.8 Å². The maximum atomic E-state index is 13.6. The summed E-state index contributed by atoms with van der Waals surface area (Å²) >= 11 is 1.73. The molecule has 5 nitrogen and oxygen atoms in total. The van der Waals surface area contributed by atoms with Crippen molar-refractivity contribution in [1.82, 2.24) is 10.2 Å². The normalized spacial score (nSPS) is 20.7. The van der Waals surface area contributed by atoms with E-state index < -0.39 is 0 Å². The summed E-state index contributed by atoms with van der Waals surface area (Å²) in [6.07, 6.45) is 6.23. The van der Waals surface area contributed by atoms with Crippen LogP contribution in [0.2, 0.25) is 0 Å². The molecule has 0 aromatic heterocycles. The van der Waals surface area contributed by atoms with Gasteiger partial charge in [0.1, 0.15) is 5.82 Å². The zero-order chi connectivity index (χ0) is 20.3. The van der Waals surface area contributed by atoms with Crippen molar-refractivity contribution < 1.29 is 13.9 Å². The van der Waals surface area contributed by atoms with E-state index in [1.54, 1.807) is 17.8 Å². The summed E-state index contributed by atoms with van der Waals surface area (Å²) in [6.45, 7) is 4.35. The third-order valence-electron chi connectivity index (χ3n) is 5.49. The lowest BCUT2D eigenvalue weighted by Gasteiger charge is -2.35. The van der Waals surface area contributed by atoms with Gasteiger partial charge in [-0.15, -0.1) is 24.0 Å². The van der Waals surface area contributed by atoms with Crippen LogP contribution in [0.5, 0.6) is 0 Å². The Hall–Kier alpha value is -0.580. The number of thioether (sulfide) groups is 1. The zero-order valence-electron chi connectivity index (χ0n) is 17.9. The molecule has 2 heterocycles. The fraction of sp³-hybridized carbons (Fsp3) is 0.682. The first kappa shape index (κ1) is 25.7. The number of nitrogens with one attached hydrogen (secondary N) is 1. The second kappa shape index (κ2) is 14.5. The lowest BCUT2D eigenvalue weighted by Crippen LogP contribution is -2.47. The SMILES string of the molecule is CN=C(NCCSCc1ccccc1F)N1CCC(OCC2CCCCO2)CC1.I. The highest BCUT2D eigenvalue weighted by molar-refractivity contribution is 14.0. The Morgan fingerprint density at radius 3 is 2.77 bits per heavy atom. The molecule has 1 N–H and O–H groups in total. The summed E-state index contributed by atoms with van der Waals surface area (Å²) in [7, 11) is 1.83. The zero-order valence-corrected chi connectivity index (χ0v) is 21.0. The Labute approximate surface area is 201 Å². The van der Waals surface area contributed by atoms with Gasteiger partial charge in [0.05, 0.1) is 18.8 Å². The molecule has 2 aliphatic heterocycles. The largest absolute Gasteiger partial charge is 0.376 e. The van der Waals surface area contributed by atoms with E-state index in [2.05, 4.69) is 15.2 Å². The quantitative estimate of drug-likeness (QED) is 0.226. The molecule has 0 bridgehead atoms. The van der Waals surface area contributed by atoms with Gasteiger partial charge in [-0.25, -0.2) is 4.39 Å². The fourth-order valence-corrected chi connectivity index (χ4v) is 4.63. The van der Waals surface area contributed by atoms with E-state index in [9.17, 15) is 4.39 Å². The molecular formula is C22H35FIN3O2S. The molecular weight excluding hydrogens is 516 g/mol. The minimum absolute atomic E-state index is 0. The van der Waals surface area contributed by atoms with Crippen molar-refractivity contribution in [3.8, 4) is 0 Å². The second-order valence-corrected chi connectivity index (χ2v) is 8.73. The minimum Gasteiger partial charge on any atom is -0.376 e. The monoisotopic (exact) mass is 551 g/mol. The molecule has 1 aromatic rings. The van der Waals surface area contributed by atoms with Gasteiger partial charge in [-0.1, -0.05) is 18.2 Å². The first-order valence-corrected chi connectivity index (χ1v) is 11.9. The lowest BCUT2D eigenvalue weighted by molar-refractivity contribution is -0.0721. The Morgan fingerprint density at radius 2 is 2.07 bits per heavy atom. The van der Waals surface area contributed by atoms with Gasteiger partial charge in [-0.2, -0.15) is 11.8 Å². The van der Waals surface area contributed by atoms with Crippen molar-refractivity contribution in [2.75, 3.05) is 45.6 Å². The average Bonchev–Trinajstić information content (AvgIpc) is 2.77. The predicted molar refractivity (Wildman–Crippen MR) is 133 cm³/mol. The molecule has 0 amide bonds. The summed E-state index contributed by atoms with van der Waals surface area (Å²) in [5, 5.41) is 3.44. The molecule has 1 atom stereocenters. The van der Waals surface area contributed by atoms with Crippen LogP contribution in [-0.2, 0) is 15.2 Å². The van der Waals surface area contributed by atoms with Crippen molar-refractivity contribution in [3.05, 3.63) is 35.6 Å². The van der Waals surface area contributed by atoms with E-state index in [1.807, 2.05) is 19.2 Å². The van der Waals surface area contributed by atoms with Gasteiger partial charge in [0.15, 0.2) is 5.96 Å². The van der Waals surface area contributed by atoms with Crippen LogP contribution in [0.4, 0.5) is 4.39 Å². The summed E-state index contributed by atoms with van der Waals surface area (Å²) in [6, 6.07) is 6.98. The molecule has 2 saturated heterocycles. The molecule has 0 spiro atoms. The molecule has 0 saturated carbocycles. The van der Waals surface area contributed by atoms with E-state index in [-0.39, 0.29) is 35.9 Å². The molecule has 8 heteroatoms. The number of ether oxygens (including phenoxy) is 2. The number of hydrogen-bond acceptors (Lipinski definition) is 4. The van der Waals surface area contributed by atoms with Gasteiger partial charge in [-0.05, 0) is 43.7 Å². The number of halogens is 2. The van der Waals surface area contributed by atoms with Crippen molar-refractivity contribution in [1.29, 1.82) is 0 Å². The van der Waals surface area contributed by atoms with Gasteiger partial charge in [0.25, 0.3) is 0 Å². The van der Waals surface area contributed by atoms with Crippen LogP contribution < -0.4 is 5.32 Å². The summed E-state index contributed by atoms with van der Waals surface area (Å²) in [4.78, 5) is 6.73. The lowest BCUT2D eigenvalue weighted by atomic mass is 10.1. The van der Waals surface area contributed by atoms with Crippen molar-refractivity contribution in [2.45, 2.75) is 50.1 Å². The van der Waals surface area contributed by atoms with E-state index in [1.165, 1.54) is 18.9 Å². The predicted octanol–water partition coefficient (Wildman–Crippen LogP) is 4.30. The van der Waals surface area contributed by atoms with Crippen molar-refractivity contribution >= 4 is 41.7 Å². The van der Waals surface area contributed by atoms with E-state index in [0.29, 0.717) is 11.9 Å².